The Morgan fingerprint density at radius 3 is 2.10 bits per heavy atom. The van der Waals surface area contributed by atoms with Crippen LogP contribution in [0.1, 0.15) is 70.3 Å². The standard InChI is InChI=1S/C23H39N5O3/c1-8-23(9-2,28-21(30)31-22(4,5)6)16-27-20(25-10-3)26-15-17-11-13-18(14-12-17)19(29)24-7/h11-14H,8-10,15-16H2,1-7H3,(H,24,29)(H,28,30)(H2,25,26,27). The maximum absolute atomic E-state index is 12.3. The molecule has 4 N–H and O–H groups in total. The van der Waals surface area contributed by atoms with Crippen molar-refractivity contribution in [1.29, 1.82) is 0 Å². The summed E-state index contributed by atoms with van der Waals surface area (Å²) >= 11 is 0. The van der Waals surface area contributed by atoms with Gasteiger partial charge in [-0.15, -0.1) is 0 Å². The van der Waals surface area contributed by atoms with Gasteiger partial charge in [-0.1, -0.05) is 26.0 Å². The Morgan fingerprint density at radius 2 is 1.61 bits per heavy atom. The molecule has 0 bridgehead atoms. The van der Waals surface area contributed by atoms with E-state index in [0.29, 0.717) is 31.2 Å². The summed E-state index contributed by atoms with van der Waals surface area (Å²) in [5.74, 6) is 0.549. The Balaban J connectivity index is 2.82. The molecule has 2 amide bonds. The van der Waals surface area contributed by atoms with Gasteiger partial charge >= 0.3 is 6.09 Å². The van der Waals surface area contributed by atoms with E-state index >= 15 is 0 Å². The highest BCUT2D eigenvalue weighted by molar-refractivity contribution is 5.93. The molecule has 1 aromatic carbocycles. The van der Waals surface area contributed by atoms with Crippen LogP contribution in [-0.2, 0) is 11.3 Å². The highest BCUT2D eigenvalue weighted by atomic mass is 16.6. The molecule has 0 atom stereocenters. The average molecular weight is 434 g/mol. The zero-order valence-electron chi connectivity index (χ0n) is 20.0. The SMILES string of the molecule is CCNC(=NCc1ccc(C(=O)NC)cc1)NCC(CC)(CC)NC(=O)OC(C)(C)C. The monoisotopic (exact) mass is 433 g/mol. The van der Waals surface area contributed by atoms with E-state index in [1.807, 2.05) is 53.7 Å². The van der Waals surface area contributed by atoms with E-state index in [9.17, 15) is 9.59 Å². The van der Waals surface area contributed by atoms with E-state index in [-0.39, 0.29) is 5.91 Å². The van der Waals surface area contributed by atoms with Crippen LogP contribution in [0, 0.1) is 0 Å². The van der Waals surface area contributed by atoms with E-state index in [4.69, 9.17) is 4.74 Å². The van der Waals surface area contributed by atoms with Crippen LogP contribution >= 0.6 is 0 Å². The summed E-state index contributed by atoms with van der Waals surface area (Å²) in [7, 11) is 1.61. The van der Waals surface area contributed by atoms with Crippen molar-refractivity contribution in [3.63, 3.8) is 0 Å². The summed E-state index contributed by atoms with van der Waals surface area (Å²) in [6.45, 7) is 13.3. The third-order valence-corrected chi connectivity index (χ3v) is 4.92. The number of amides is 2. The quantitative estimate of drug-likeness (QED) is 0.354. The van der Waals surface area contributed by atoms with Crippen LogP contribution in [0.4, 0.5) is 4.79 Å². The molecule has 0 saturated carbocycles. The van der Waals surface area contributed by atoms with Gasteiger partial charge in [0.25, 0.3) is 5.91 Å². The van der Waals surface area contributed by atoms with Gasteiger partial charge in [-0.25, -0.2) is 9.79 Å². The molecule has 8 nitrogen and oxygen atoms in total. The van der Waals surface area contributed by atoms with Gasteiger partial charge in [-0.3, -0.25) is 4.79 Å². The van der Waals surface area contributed by atoms with Gasteiger partial charge in [0.05, 0.1) is 12.1 Å². The summed E-state index contributed by atoms with van der Waals surface area (Å²) in [5, 5.41) is 12.2. The predicted octanol–water partition coefficient (Wildman–Crippen LogP) is 3.18. The minimum Gasteiger partial charge on any atom is -0.444 e. The van der Waals surface area contributed by atoms with Crippen LogP contribution in [0.3, 0.4) is 0 Å². The fraction of sp³-hybridized carbons (Fsp3) is 0.609. The van der Waals surface area contributed by atoms with E-state index in [1.54, 1.807) is 19.2 Å². The molecule has 1 rings (SSSR count). The molecule has 0 fully saturated rings. The van der Waals surface area contributed by atoms with Gasteiger partial charge in [0.2, 0.25) is 0 Å². The summed E-state index contributed by atoms with van der Waals surface area (Å²) in [5.41, 5.74) is 0.612. The molecule has 174 valence electrons. The third-order valence-electron chi connectivity index (χ3n) is 4.92. The fourth-order valence-corrected chi connectivity index (χ4v) is 2.91. The van der Waals surface area contributed by atoms with Gasteiger partial charge in [-0.05, 0) is 58.2 Å². The first-order chi connectivity index (χ1) is 14.6. The Kier molecular flexibility index (Phi) is 10.3. The molecule has 31 heavy (non-hydrogen) atoms. The van der Waals surface area contributed by atoms with Crippen LogP contribution < -0.4 is 21.3 Å². The molecule has 8 heteroatoms. The summed E-state index contributed by atoms with van der Waals surface area (Å²) in [6.07, 6.45) is 1.07. The van der Waals surface area contributed by atoms with Crippen molar-refractivity contribution >= 4 is 18.0 Å². The first-order valence-electron chi connectivity index (χ1n) is 10.9. The van der Waals surface area contributed by atoms with Crippen molar-refractivity contribution in [1.82, 2.24) is 21.3 Å². The highest BCUT2D eigenvalue weighted by Gasteiger charge is 2.30. The summed E-state index contributed by atoms with van der Waals surface area (Å²) in [6, 6.07) is 7.36. The van der Waals surface area contributed by atoms with Crippen molar-refractivity contribution in [2.24, 2.45) is 4.99 Å². The van der Waals surface area contributed by atoms with E-state index in [0.717, 1.165) is 18.4 Å². The lowest BCUT2D eigenvalue weighted by Gasteiger charge is -2.34. The second kappa shape index (κ2) is 12.2. The van der Waals surface area contributed by atoms with Gasteiger partial charge in [-0.2, -0.15) is 0 Å². The number of carbonyl (C=O) groups excluding carboxylic acids is 2. The van der Waals surface area contributed by atoms with Crippen LogP contribution in [0.15, 0.2) is 29.3 Å². The van der Waals surface area contributed by atoms with Crippen molar-refractivity contribution < 1.29 is 14.3 Å². The van der Waals surface area contributed by atoms with Crippen molar-refractivity contribution in [3.8, 4) is 0 Å². The van der Waals surface area contributed by atoms with Gasteiger partial charge in [0, 0.05) is 25.7 Å². The number of rotatable bonds is 9. The van der Waals surface area contributed by atoms with E-state index < -0.39 is 17.2 Å². The third kappa shape index (κ3) is 9.27. The second-order valence-electron chi connectivity index (χ2n) is 8.44. The van der Waals surface area contributed by atoms with Gasteiger partial charge < -0.3 is 26.0 Å². The van der Waals surface area contributed by atoms with Gasteiger partial charge in [0.15, 0.2) is 5.96 Å². The van der Waals surface area contributed by atoms with Crippen LogP contribution in [0.2, 0.25) is 0 Å². The number of guanidine groups is 1. The van der Waals surface area contributed by atoms with E-state index in [2.05, 4.69) is 26.3 Å². The lowest BCUT2D eigenvalue weighted by molar-refractivity contribution is 0.0448. The van der Waals surface area contributed by atoms with Crippen molar-refractivity contribution in [2.75, 3.05) is 20.1 Å². The Bertz CT molecular complexity index is 735. The average Bonchev–Trinajstić information content (AvgIpc) is 2.73. The second-order valence-corrected chi connectivity index (χ2v) is 8.44. The lowest BCUT2D eigenvalue weighted by atomic mass is 9.93. The Morgan fingerprint density at radius 1 is 1.00 bits per heavy atom. The number of ether oxygens (including phenoxy) is 1. The predicted molar refractivity (Wildman–Crippen MR) is 125 cm³/mol. The minimum atomic E-state index is -0.547. The zero-order chi connectivity index (χ0) is 23.5. The molecule has 0 aromatic heterocycles. The topological polar surface area (TPSA) is 104 Å². The van der Waals surface area contributed by atoms with Gasteiger partial charge in [0.1, 0.15) is 5.60 Å². The minimum absolute atomic E-state index is 0.113. The molecule has 1 aromatic rings. The number of alkyl carbamates (subject to hydrolysis) is 1. The maximum Gasteiger partial charge on any atom is 0.408 e. The fourth-order valence-electron chi connectivity index (χ4n) is 2.91. The number of hydrogen-bond acceptors (Lipinski definition) is 4. The summed E-state index contributed by atoms with van der Waals surface area (Å²) in [4.78, 5) is 28.6. The number of carbonyl (C=O) groups is 2. The molecular formula is C23H39N5O3. The first kappa shape index (κ1) is 26.3. The maximum atomic E-state index is 12.3. The number of hydrogen-bond donors (Lipinski definition) is 4. The molecule has 0 unspecified atom stereocenters. The highest BCUT2D eigenvalue weighted by Crippen LogP contribution is 2.16. The smallest absolute Gasteiger partial charge is 0.408 e. The Labute approximate surface area is 186 Å². The van der Waals surface area contributed by atoms with Crippen LogP contribution in [0.25, 0.3) is 0 Å². The number of benzene rings is 1. The molecule has 0 heterocycles. The molecule has 0 aliphatic heterocycles. The van der Waals surface area contributed by atoms with Crippen molar-refractivity contribution in [3.05, 3.63) is 35.4 Å². The molecule has 0 radical (unpaired) electrons. The molecular weight excluding hydrogens is 394 g/mol. The molecule has 0 spiro atoms. The molecule has 0 aliphatic rings. The summed E-state index contributed by atoms with van der Waals surface area (Å²) < 4.78 is 5.44. The van der Waals surface area contributed by atoms with Crippen LogP contribution in [0.5, 0.6) is 0 Å². The molecule has 0 aliphatic carbocycles. The zero-order valence-corrected chi connectivity index (χ0v) is 20.0. The van der Waals surface area contributed by atoms with Crippen LogP contribution in [-0.4, -0.2) is 49.2 Å². The lowest BCUT2D eigenvalue weighted by Crippen LogP contribution is -2.57. The van der Waals surface area contributed by atoms with E-state index in [1.165, 1.54) is 0 Å². The Hall–Kier alpha value is -2.77. The number of nitrogens with one attached hydrogen (secondary N) is 4. The largest absolute Gasteiger partial charge is 0.444 e. The normalized spacial score (nSPS) is 12.2. The van der Waals surface area contributed by atoms with Crippen molar-refractivity contribution in [2.45, 2.75) is 72.1 Å². The first-order valence-corrected chi connectivity index (χ1v) is 10.9. The number of nitrogens with zero attached hydrogens (tertiary/aromatic N) is 1. The molecule has 0 saturated heterocycles. The number of aliphatic imine (C=N–C) groups is 1.